The summed E-state index contributed by atoms with van der Waals surface area (Å²) in [6.07, 6.45) is 5.36. The molecule has 2 aromatic heterocycles. The molecule has 0 aliphatic heterocycles. The summed E-state index contributed by atoms with van der Waals surface area (Å²) in [7, 11) is 3.52. The molecule has 0 saturated carbocycles. The second-order valence-electron chi connectivity index (χ2n) is 6.97. The van der Waals surface area contributed by atoms with E-state index in [-0.39, 0.29) is 11.7 Å². The number of aromatic nitrogens is 6. The maximum Gasteiger partial charge on any atom is 0.248 e. The lowest BCUT2D eigenvalue weighted by Gasteiger charge is -2.05. The second-order valence-corrected chi connectivity index (χ2v) is 6.97. The van der Waals surface area contributed by atoms with Crippen LogP contribution in [-0.4, -0.2) is 35.9 Å². The zero-order chi connectivity index (χ0) is 21.8. The van der Waals surface area contributed by atoms with Gasteiger partial charge in [0.25, 0.3) is 0 Å². The molecule has 0 spiro atoms. The number of nitrogens with zero attached hydrogens (tertiary/aromatic N) is 6. The molecular formula is C22H20FN7O. The molecule has 0 atom stereocenters. The number of hydrogen-bond donors (Lipinski definition) is 1. The SMILES string of the molecule is Cn1nnc(Cc2ccc(NC(=O)C=Cc3cnn(C)c3-c3ccc(F)cc3)cc2)n1. The fourth-order valence-corrected chi connectivity index (χ4v) is 3.17. The Morgan fingerprint density at radius 2 is 1.84 bits per heavy atom. The number of halogens is 1. The Morgan fingerprint density at radius 1 is 1.10 bits per heavy atom. The van der Waals surface area contributed by atoms with E-state index in [2.05, 4.69) is 25.8 Å². The molecule has 0 saturated heterocycles. The van der Waals surface area contributed by atoms with Crippen molar-refractivity contribution in [2.75, 3.05) is 5.32 Å². The quantitative estimate of drug-likeness (QED) is 0.487. The molecule has 31 heavy (non-hydrogen) atoms. The molecule has 2 aromatic carbocycles. The van der Waals surface area contributed by atoms with Crippen molar-refractivity contribution >= 4 is 17.7 Å². The first kappa shape index (κ1) is 20.1. The van der Waals surface area contributed by atoms with Gasteiger partial charge in [-0.05, 0) is 53.3 Å². The number of benzene rings is 2. The first-order chi connectivity index (χ1) is 15.0. The molecule has 4 rings (SSSR count). The van der Waals surface area contributed by atoms with Crippen LogP contribution in [0.1, 0.15) is 17.0 Å². The van der Waals surface area contributed by atoms with E-state index in [1.807, 2.05) is 24.3 Å². The molecule has 0 fully saturated rings. The summed E-state index contributed by atoms with van der Waals surface area (Å²) in [6, 6.07) is 13.6. The predicted molar refractivity (Wildman–Crippen MR) is 114 cm³/mol. The number of tetrazole rings is 1. The summed E-state index contributed by atoms with van der Waals surface area (Å²) >= 11 is 0. The van der Waals surface area contributed by atoms with Gasteiger partial charge in [0.1, 0.15) is 5.82 Å². The van der Waals surface area contributed by atoms with E-state index in [0.717, 1.165) is 22.4 Å². The van der Waals surface area contributed by atoms with Crippen LogP contribution in [0.25, 0.3) is 17.3 Å². The van der Waals surface area contributed by atoms with Crippen molar-refractivity contribution in [3.05, 3.63) is 83.6 Å². The molecule has 0 aliphatic rings. The number of carbonyl (C=O) groups excluding carboxylic acids is 1. The molecule has 0 radical (unpaired) electrons. The monoisotopic (exact) mass is 417 g/mol. The lowest BCUT2D eigenvalue weighted by atomic mass is 10.1. The molecule has 0 bridgehead atoms. The number of carbonyl (C=O) groups is 1. The highest BCUT2D eigenvalue weighted by molar-refractivity contribution is 6.02. The molecular weight excluding hydrogens is 397 g/mol. The third kappa shape index (κ3) is 4.89. The van der Waals surface area contributed by atoms with E-state index in [1.54, 1.807) is 43.2 Å². The lowest BCUT2D eigenvalue weighted by molar-refractivity contribution is -0.111. The van der Waals surface area contributed by atoms with Gasteiger partial charge >= 0.3 is 0 Å². The van der Waals surface area contributed by atoms with Crippen LogP contribution in [0.5, 0.6) is 0 Å². The van der Waals surface area contributed by atoms with Gasteiger partial charge in [-0.3, -0.25) is 9.48 Å². The van der Waals surface area contributed by atoms with Gasteiger partial charge in [0, 0.05) is 36.4 Å². The first-order valence-corrected chi connectivity index (χ1v) is 9.57. The Balaban J connectivity index is 1.41. The van der Waals surface area contributed by atoms with Crippen molar-refractivity contribution in [1.29, 1.82) is 0 Å². The van der Waals surface area contributed by atoms with Gasteiger partial charge in [0.2, 0.25) is 5.91 Å². The third-order valence-electron chi connectivity index (χ3n) is 4.63. The van der Waals surface area contributed by atoms with E-state index in [0.29, 0.717) is 17.9 Å². The van der Waals surface area contributed by atoms with E-state index in [1.165, 1.54) is 23.0 Å². The van der Waals surface area contributed by atoms with Gasteiger partial charge < -0.3 is 5.32 Å². The van der Waals surface area contributed by atoms with Crippen molar-refractivity contribution in [3.63, 3.8) is 0 Å². The number of amides is 1. The molecule has 4 aromatic rings. The Kier molecular flexibility index (Phi) is 5.65. The number of rotatable bonds is 6. The van der Waals surface area contributed by atoms with Gasteiger partial charge in [-0.1, -0.05) is 12.1 Å². The molecule has 9 heteroatoms. The van der Waals surface area contributed by atoms with Crippen LogP contribution in [-0.2, 0) is 25.3 Å². The number of hydrogen-bond acceptors (Lipinski definition) is 5. The van der Waals surface area contributed by atoms with Crippen molar-refractivity contribution in [1.82, 2.24) is 30.0 Å². The first-order valence-electron chi connectivity index (χ1n) is 9.57. The van der Waals surface area contributed by atoms with Crippen LogP contribution in [0.3, 0.4) is 0 Å². The maximum atomic E-state index is 13.2. The third-order valence-corrected chi connectivity index (χ3v) is 4.63. The van der Waals surface area contributed by atoms with Gasteiger partial charge in [-0.25, -0.2) is 4.39 Å². The Hall–Kier alpha value is -4.14. The van der Waals surface area contributed by atoms with Gasteiger partial charge in [-0.15, -0.1) is 10.2 Å². The maximum absolute atomic E-state index is 13.2. The standard InChI is InChI=1S/C22H20FN7O/c1-29-22(16-5-8-18(23)9-6-16)17(14-24-29)7-12-21(31)25-19-10-3-15(4-11-19)13-20-26-28-30(2)27-20/h3-12,14H,13H2,1-2H3,(H,25,31). The average Bonchev–Trinajstić information content (AvgIpc) is 3.33. The highest BCUT2D eigenvalue weighted by atomic mass is 19.1. The molecule has 156 valence electrons. The van der Waals surface area contributed by atoms with Crippen molar-refractivity contribution in [2.24, 2.45) is 14.1 Å². The lowest BCUT2D eigenvalue weighted by Crippen LogP contribution is -2.07. The molecule has 1 N–H and O–H groups in total. The van der Waals surface area contributed by atoms with Gasteiger partial charge in [0.15, 0.2) is 5.82 Å². The minimum Gasteiger partial charge on any atom is -0.323 e. The fourth-order valence-electron chi connectivity index (χ4n) is 3.17. The van der Waals surface area contributed by atoms with E-state index >= 15 is 0 Å². The largest absolute Gasteiger partial charge is 0.323 e. The number of aryl methyl sites for hydroxylation is 2. The average molecular weight is 417 g/mol. The van der Waals surface area contributed by atoms with Crippen LogP contribution in [0.15, 0.2) is 60.8 Å². The summed E-state index contributed by atoms with van der Waals surface area (Å²) in [6.45, 7) is 0. The van der Waals surface area contributed by atoms with Crippen molar-refractivity contribution in [2.45, 2.75) is 6.42 Å². The molecule has 0 unspecified atom stereocenters. The van der Waals surface area contributed by atoms with Crippen LogP contribution < -0.4 is 5.32 Å². The van der Waals surface area contributed by atoms with Crippen LogP contribution >= 0.6 is 0 Å². The fraction of sp³-hybridized carbons (Fsp3) is 0.136. The minimum absolute atomic E-state index is 0.266. The normalized spacial score (nSPS) is 11.2. The Bertz CT molecular complexity index is 1220. The smallest absolute Gasteiger partial charge is 0.248 e. The van der Waals surface area contributed by atoms with E-state index < -0.39 is 0 Å². The summed E-state index contributed by atoms with van der Waals surface area (Å²) < 4.78 is 14.9. The van der Waals surface area contributed by atoms with Gasteiger partial charge in [0.05, 0.1) is 18.9 Å². The zero-order valence-corrected chi connectivity index (χ0v) is 17.0. The molecule has 1 amide bonds. The number of anilines is 1. The summed E-state index contributed by atoms with van der Waals surface area (Å²) in [5.41, 5.74) is 4.06. The second kappa shape index (κ2) is 8.70. The zero-order valence-electron chi connectivity index (χ0n) is 17.0. The van der Waals surface area contributed by atoms with Crippen LogP contribution in [0.2, 0.25) is 0 Å². The van der Waals surface area contributed by atoms with Gasteiger partial charge in [-0.2, -0.15) is 9.90 Å². The predicted octanol–water partition coefficient (Wildman–Crippen LogP) is 2.99. The van der Waals surface area contributed by atoms with Crippen LogP contribution in [0.4, 0.5) is 10.1 Å². The molecule has 8 nitrogen and oxygen atoms in total. The highest BCUT2D eigenvalue weighted by Gasteiger charge is 2.10. The Morgan fingerprint density at radius 3 is 2.52 bits per heavy atom. The van der Waals surface area contributed by atoms with E-state index in [9.17, 15) is 9.18 Å². The molecule has 0 aliphatic carbocycles. The van der Waals surface area contributed by atoms with E-state index in [4.69, 9.17) is 0 Å². The Labute approximate surface area is 178 Å². The van der Waals surface area contributed by atoms with Crippen LogP contribution in [0, 0.1) is 5.82 Å². The summed E-state index contributed by atoms with van der Waals surface area (Å²) in [5.74, 6) is 0.0641. The summed E-state index contributed by atoms with van der Waals surface area (Å²) in [4.78, 5) is 13.8. The molecule has 2 heterocycles. The minimum atomic E-state index is -0.304. The highest BCUT2D eigenvalue weighted by Crippen LogP contribution is 2.24. The topological polar surface area (TPSA) is 90.5 Å². The summed E-state index contributed by atoms with van der Waals surface area (Å²) in [5, 5.41) is 19.0. The van der Waals surface area contributed by atoms with Crippen molar-refractivity contribution in [3.8, 4) is 11.3 Å². The number of nitrogens with one attached hydrogen (secondary N) is 1. The van der Waals surface area contributed by atoms with Crippen molar-refractivity contribution < 1.29 is 9.18 Å².